The smallest absolute Gasteiger partial charge is 0.291 e. The van der Waals surface area contributed by atoms with Crippen molar-refractivity contribution in [2.24, 2.45) is 0 Å². The Hall–Kier alpha value is -1.52. The van der Waals surface area contributed by atoms with E-state index >= 15 is 0 Å². The van der Waals surface area contributed by atoms with E-state index in [4.69, 9.17) is 23.2 Å². The van der Waals surface area contributed by atoms with E-state index in [2.05, 4.69) is 15.3 Å². The van der Waals surface area contributed by atoms with Crippen LogP contribution in [0, 0.1) is 0 Å². The second kappa shape index (κ2) is 4.55. The van der Waals surface area contributed by atoms with Crippen LogP contribution in [0.5, 0.6) is 0 Å². The van der Waals surface area contributed by atoms with E-state index in [-0.39, 0.29) is 11.7 Å². The third-order valence-electron chi connectivity index (χ3n) is 1.83. The minimum atomic E-state index is -0.344. The van der Waals surface area contributed by atoms with Gasteiger partial charge in [0.2, 0.25) is 0 Å². The zero-order chi connectivity index (χ0) is 11.5. The Bertz CT molecular complexity index is 491. The number of aromatic nitrogens is 2. The number of anilines is 1. The molecule has 16 heavy (non-hydrogen) atoms. The van der Waals surface area contributed by atoms with Gasteiger partial charge < -0.3 is 10.3 Å². The van der Waals surface area contributed by atoms with Gasteiger partial charge in [-0.2, -0.15) is 0 Å². The number of benzene rings is 1. The summed E-state index contributed by atoms with van der Waals surface area (Å²) in [6.45, 7) is 0. The maximum atomic E-state index is 11.6. The first kappa shape index (κ1) is 11.0. The highest BCUT2D eigenvalue weighted by atomic mass is 35.5. The Morgan fingerprint density at radius 2 is 1.94 bits per heavy atom. The fraction of sp³-hybridized carbons (Fsp3) is 0. The number of halogens is 2. The van der Waals surface area contributed by atoms with Gasteiger partial charge in [-0.1, -0.05) is 23.2 Å². The van der Waals surface area contributed by atoms with Gasteiger partial charge in [-0.3, -0.25) is 4.79 Å². The van der Waals surface area contributed by atoms with Crippen molar-refractivity contribution in [3.63, 3.8) is 0 Å². The van der Waals surface area contributed by atoms with Crippen molar-refractivity contribution in [2.45, 2.75) is 0 Å². The van der Waals surface area contributed by atoms with Crippen LogP contribution >= 0.6 is 23.2 Å². The number of rotatable bonds is 2. The summed E-state index contributed by atoms with van der Waals surface area (Å²) in [6.07, 6.45) is 3.07. The molecular weight excluding hydrogens is 249 g/mol. The molecule has 1 amide bonds. The lowest BCUT2D eigenvalue weighted by atomic mass is 10.3. The molecule has 2 N–H and O–H groups in total. The van der Waals surface area contributed by atoms with Crippen molar-refractivity contribution in [1.82, 2.24) is 9.97 Å². The summed E-state index contributed by atoms with van der Waals surface area (Å²) in [5.74, 6) is -0.112. The molecule has 0 unspecified atom stereocenters. The van der Waals surface area contributed by atoms with Gasteiger partial charge in [-0.05, 0) is 18.2 Å². The van der Waals surface area contributed by atoms with Crippen molar-refractivity contribution in [3.05, 3.63) is 46.5 Å². The Morgan fingerprint density at radius 1 is 1.25 bits per heavy atom. The molecule has 0 saturated heterocycles. The largest absolute Gasteiger partial charge is 0.341 e. The first-order valence-corrected chi connectivity index (χ1v) is 5.17. The normalized spacial score (nSPS) is 10.1. The van der Waals surface area contributed by atoms with Crippen molar-refractivity contribution >= 4 is 34.8 Å². The number of H-pyrrole nitrogens is 1. The van der Waals surface area contributed by atoms with Gasteiger partial charge in [-0.25, -0.2) is 4.98 Å². The van der Waals surface area contributed by atoms with E-state index < -0.39 is 0 Å². The minimum Gasteiger partial charge on any atom is -0.341 e. The lowest BCUT2D eigenvalue weighted by molar-refractivity contribution is 0.101. The topological polar surface area (TPSA) is 57.8 Å². The summed E-state index contributed by atoms with van der Waals surface area (Å²) in [6, 6.07) is 4.80. The Balaban J connectivity index is 2.18. The summed E-state index contributed by atoms with van der Waals surface area (Å²) in [5.41, 5.74) is 0.527. The predicted octanol–water partition coefficient (Wildman–Crippen LogP) is 2.97. The average Bonchev–Trinajstić information content (AvgIpc) is 2.68. The van der Waals surface area contributed by atoms with Gasteiger partial charge in [0.05, 0.1) is 0 Å². The zero-order valence-corrected chi connectivity index (χ0v) is 9.51. The molecule has 0 fully saturated rings. The maximum Gasteiger partial charge on any atom is 0.291 e. The first-order chi connectivity index (χ1) is 7.65. The van der Waals surface area contributed by atoms with E-state index in [9.17, 15) is 4.79 Å². The van der Waals surface area contributed by atoms with Crippen LogP contribution in [0.15, 0.2) is 30.6 Å². The number of nitrogens with zero attached hydrogens (tertiary/aromatic N) is 1. The molecule has 1 aromatic carbocycles. The number of hydrogen-bond acceptors (Lipinski definition) is 2. The third kappa shape index (κ3) is 2.53. The van der Waals surface area contributed by atoms with Crippen LogP contribution in [-0.2, 0) is 0 Å². The zero-order valence-electron chi connectivity index (χ0n) is 8.00. The van der Waals surface area contributed by atoms with Gasteiger partial charge in [-0.15, -0.1) is 0 Å². The molecular formula is C10H7Cl2N3O. The summed E-state index contributed by atoms with van der Waals surface area (Å²) in [4.78, 5) is 18.1. The molecule has 0 aliphatic heterocycles. The van der Waals surface area contributed by atoms with Crippen LogP contribution in [0.1, 0.15) is 10.6 Å². The third-order valence-corrected chi connectivity index (χ3v) is 2.27. The standard InChI is InChI=1S/C10H7Cl2N3O/c11-6-3-7(12)5-8(4-6)15-10(16)9-13-1-2-14-9/h1-5H,(H,13,14)(H,15,16). The molecule has 2 rings (SSSR count). The molecule has 4 nitrogen and oxygen atoms in total. The van der Waals surface area contributed by atoms with Gasteiger partial charge in [0, 0.05) is 28.1 Å². The Labute approximate surface area is 102 Å². The quantitative estimate of drug-likeness (QED) is 0.867. The second-order valence-corrected chi connectivity index (χ2v) is 3.92. The van der Waals surface area contributed by atoms with Gasteiger partial charge in [0.1, 0.15) is 0 Å². The van der Waals surface area contributed by atoms with Crippen LogP contribution in [0.25, 0.3) is 0 Å². The van der Waals surface area contributed by atoms with Gasteiger partial charge in [0.15, 0.2) is 5.82 Å². The highest BCUT2D eigenvalue weighted by Gasteiger charge is 2.08. The molecule has 0 aliphatic carbocycles. The van der Waals surface area contributed by atoms with Gasteiger partial charge >= 0.3 is 0 Å². The molecule has 0 atom stereocenters. The van der Waals surface area contributed by atoms with Crippen LogP contribution in [0.2, 0.25) is 10.0 Å². The van der Waals surface area contributed by atoms with E-state index in [1.165, 1.54) is 6.20 Å². The summed E-state index contributed by atoms with van der Waals surface area (Å²) >= 11 is 11.6. The number of amides is 1. The number of aromatic amines is 1. The molecule has 6 heteroatoms. The fourth-order valence-electron chi connectivity index (χ4n) is 1.21. The van der Waals surface area contributed by atoms with Crippen LogP contribution < -0.4 is 5.32 Å². The van der Waals surface area contributed by atoms with Crippen molar-refractivity contribution < 1.29 is 4.79 Å². The molecule has 0 radical (unpaired) electrons. The minimum absolute atomic E-state index is 0.232. The Morgan fingerprint density at radius 3 is 2.50 bits per heavy atom. The first-order valence-electron chi connectivity index (χ1n) is 4.42. The van der Waals surface area contributed by atoms with Crippen LogP contribution in [-0.4, -0.2) is 15.9 Å². The van der Waals surface area contributed by atoms with E-state index in [0.717, 1.165) is 0 Å². The van der Waals surface area contributed by atoms with Crippen molar-refractivity contribution in [2.75, 3.05) is 5.32 Å². The lowest BCUT2D eigenvalue weighted by Crippen LogP contribution is -2.13. The highest BCUT2D eigenvalue weighted by Crippen LogP contribution is 2.22. The van der Waals surface area contributed by atoms with Crippen molar-refractivity contribution in [1.29, 1.82) is 0 Å². The number of imidazole rings is 1. The second-order valence-electron chi connectivity index (χ2n) is 3.05. The highest BCUT2D eigenvalue weighted by molar-refractivity contribution is 6.35. The molecule has 2 aromatic rings. The average molecular weight is 256 g/mol. The number of carbonyl (C=O) groups excluding carboxylic acids is 1. The summed E-state index contributed by atoms with van der Waals surface area (Å²) in [5, 5.41) is 3.55. The monoisotopic (exact) mass is 255 g/mol. The van der Waals surface area contributed by atoms with E-state index in [1.807, 2.05) is 0 Å². The molecule has 1 heterocycles. The molecule has 1 aromatic heterocycles. The van der Waals surface area contributed by atoms with Crippen LogP contribution in [0.3, 0.4) is 0 Å². The van der Waals surface area contributed by atoms with Crippen molar-refractivity contribution in [3.8, 4) is 0 Å². The lowest BCUT2D eigenvalue weighted by Gasteiger charge is -2.04. The van der Waals surface area contributed by atoms with E-state index in [1.54, 1.807) is 24.4 Å². The fourth-order valence-corrected chi connectivity index (χ4v) is 1.73. The predicted molar refractivity (Wildman–Crippen MR) is 63.0 cm³/mol. The van der Waals surface area contributed by atoms with Gasteiger partial charge in [0.25, 0.3) is 5.91 Å². The van der Waals surface area contributed by atoms with Crippen LogP contribution in [0.4, 0.5) is 5.69 Å². The maximum absolute atomic E-state index is 11.6. The number of hydrogen-bond donors (Lipinski definition) is 2. The molecule has 0 aliphatic rings. The molecule has 0 saturated carbocycles. The Kier molecular flexibility index (Phi) is 3.12. The molecule has 82 valence electrons. The summed E-state index contributed by atoms with van der Waals surface area (Å²) < 4.78 is 0. The summed E-state index contributed by atoms with van der Waals surface area (Å²) in [7, 11) is 0. The van der Waals surface area contributed by atoms with E-state index in [0.29, 0.717) is 15.7 Å². The SMILES string of the molecule is O=C(Nc1cc(Cl)cc(Cl)c1)c1ncc[nH]1. The number of nitrogens with one attached hydrogen (secondary N) is 2. The molecule has 0 spiro atoms. The number of carbonyl (C=O) groups is 1. The molecule has 0 bridgehead atoms.